The number of hydrogen-bond acceptors (Lipinski definition) is 6. The van der Waals surface area contributed by atoms with Gasteiger partial charge >= 0.3 is 18.2 Å². The standard InChI is InChI=1S/C32H36FN3O6/c1-31(2,3)41-29(38)35-28(36-30(39)42-32(4,5)6)34-24-17-15-23(16-18-24)27(37)40-26-19-14-22(20-25(26)33)13-12-21-10-8-7-9-11-21/h7-11,14-20H,12-13H2,1-6H3,(H2,34,35,36,38,39). The second-order valence-corrected chi connectivity index (χ2v) is 11.4. The molecular formula is C32H36FN3O6. The first kappa shape index (κ1) is 31.8. The Hall–Kier alpha value is -4.73. The lowest BCUT2D eigenvalue weighted by atomic mass is 10.0. The van der Waals surface area contributed by atoms with E-state index in [-0.39, 0.29) is 17.3 Å². The van der Waals surface area contributed by atoms with Crippen molar-refractivity contribution in [2.24, 2.45) is 4.99 Å². The molecule has 0 saturated heterocycles. The van der Waals surface area contributed by atoms with E-state index in [4.69, 9.17) is 14.2 Å². The lowest BCUT2D eigenvalue weighted by molar-refractivity contribution is 0.0561. The van der Waals surface area contributed by atoms with Crippen molar-refractivity contribution in [1.29, 1.82) is 0 Å². The fourth-order valence-electron chi connectivity index (χ4n) is 3.56. The van der Waals surface area contributed by atoms with Crippen LogP contribution in [0, 0.1) is 5.82 Å². The number of nitrogens with one attached hydrogen (secondary N) is 2. The number of alkyl carbamates (subject to hydrolysis) is 1. The highest BCUT2D eigenvalue weighted by Gasteiger charge is 2.21. The van der Waals surface area contributed by atoms with Gasteiger partial charge in [0.15, 0.2) is 11.6 Å². The molecule has 0 fully saturated rings. The van der Waals surface area contributed by atoms with Gasteiger partial charge in [0.1, 0.15) is 11.2 Å². The minimum atomic E-state index is -0.936. The van der Waals surface area contributed by atoms with Crippen LogP contribution in [-0.2, 0) is 22.3 Å². The van der Waals surface area contributed by atoms with E-state index in [1.54, 1.807) is 47.6 Å². The molecule has 3 rings (SSSR count). The summed E-state index contributed by atoms with van der Waals surface area (Å²) in [6.45, 7) is 10.1. The molecule has 3 aromatic carbocycles. The van der Waals surface area contributed by atoms with E-state index in [0.717, 1.165) is 17.5 Å². The van der Waals surface area contributed by atoms with Crippen LogP contribution < -0.4 is 15.4 Å². The molecule has 0 radical (unpaired) electrons. The zero-order valence-corrected chi connectivity index (χ0v) is 24.6. The Morgan fingerprint density at radius 3 is 2.00 bits per heavy atom. The summed E-state index contributed by atoms with van der Waals surface area (Å²) in [7, 11) is 0. The topological polar surface area (TPSA) is 115 Å². The predicted molar refractivity (Wildman–Crippen MR) is 158 cm³/mol. The molecule has 2 N–H and O–H groups in total. The molecule has 0 heterocycles. The third-order valence-electron chi connectivity index (χ3n) is 5.34. The van der Waals surface area contributed by atoms with Crippen LogP contribution in [0.5, 0.6) is 5.75 Å². The fourth-order valence-corrected chi connectivity index (χ4v) is 3.56. The number of aliphatic imine (C=N–C) groups is 1. The first-order chi connectivity index (χ1) is 19.7. The third kappa shape index (κ3) is 11.0. The third-order valence-corrected chi connectivity index (χ3v) is 5.34. The molecule has 0 aromatic heterocycles. The molecule has 0 aliphatic rings. The van der Waals surface area contributed by atoms with Gasteiger partial charge in [-0.1, -0.05) is 36.4 Å². The van der Waals surface area contributed by atoms with Crippen LogP contribution in [-0.4, -0.2) is 35.3 Å². The molecule has 0 unspecified atom stereocenters. The Labute approximate surface area is 245 Å². The highest BCUT2D eigenvalue weighted by molar-refractivity contribution is 6.06. The molecule has 3 aromatic rings. The number of hydrogen-bond donors (Lipinski definition) is 2. The molecule has 0 bridgehead atoms. The van der Waals surface area contributed by atoms with Crippen LogP contribution >= 0.6 is 0 Å². The SMILES string of the molecule is CC(C)(C)OC(=O)/N=C(/NC(=O)OC(C)(C)C)Nc1ccc(C(=O)Oc2ccc(CCc3ccccc3)cc2F)cc1. The molecule has 0 aliphatic carbocycles. The van der Waals surface area contributed by atoms with Gasteiger partial charge in [-0.25, -0.2) is 18.8 Å². The first-order valence-corrected chi connectivity index (χ1v) is 13.4. The maximum atomic E-state index is 14.7. The number of guanidine groups is 1. The molecule has 222 valence electrons. The van der Waals surface area contributed by atoms with Crippen molar-refractivity contribution in [3.8, 4) is 5.75 Å². The molecule has 9 nitrogen and oxygen atoms in total. The van der Waals surface area contributed by atoms with Gasteiger partial charge in [-0.15, -0.1) is 4.99 Å². The number of halogens is 1. The van der Waals surface area contributed by atoms with Gasteiger partial charge in [0.25, 0.3) is 0 Å². The zero-order valence-electron chi connectivity index (χ0n) is 24.6. The number of ether oxygens (including phenoxy) is 3. The number of amides is 2. The van der Waals surface area contributed by atoms with Gasteiger partial charge in [-0.2, -0.15) is 0 Å². The van der Waals surface area contributed by atoms with Gasteiger partial charge in [0.05, 0.1) is 5.56 Å². The van der Waals surface area contributed by atoms with Crippen molar-refractivity contribution in [2.75, 3.05) is 5.32 Å². The van der Waals surface area contributed by atoms with E-state index in [0.29, 0.717) is 12.1 Å². The predicted octanol–water partition coefficient (Wildman–Crippen LogP) is 7.06. The Kier molecular flexibility index (Phi) is 10.4. The Morgan fingerprint density at radius 2 is 1.40 bits per heavy atom. The van der Waals surface area contributed by atoms with Gasteiger partial charge in [0.2, 0.25) is 5.96 Å². The summed E-state index contributed by atoms with van der Waals surface area (Å²) in [6.07, 6.45) is -0.372. The summed E-state index contributed by atoms with van der Waals surface area (Å²) in [4.78, 5) is 41.0. The van der Waals surface area contributed by atoms with Crippen LogP contribution in [0.2, 0.25) is 0 Å². The van der Waals surface area contributed by atoms with E-state index < -0.39 is 35.2 Å². The van der Waals surface area contributed by atoms with Crippen molar-refractivity contribution in [1.82, 2.24) is 5.32 Å². The largest absolute Gasteiger partial charge is 0.444 e. The quantitative estimate of drug-likeness (QED) is 0.139. The molecule has 0 aliphatic heterocycles. The van der Waals surface area contributed by atoms with Crippen LogP contribution in [0.1, 0.15) is 63.0 Å². The zero-order chi connectivity index (χ0) is 30.9. The van der Waals surface area contributed by atoms with Crippen molar-refractivity contribution >= 4 is 29.8 Å². The van der Waals surface area contributed by atoms with Crippen LogP contribution in [0.25, 0.3) is 0 Å². The minimum absolute atomic E-state index is 0.152. The summed E-state index contributed by atoms with van der Waals surface area (Å²) < 4.78 is 30.4. The maximum absolute atomic E-state index is 14.7. The van der Waals surface area contributed by atoms with E-state index in [1.807, 2.05) is 30.3 Å². The average molecular weight is 578 g/mol. The van der Waals surface area contributed by atoms with Crippen LogP contribution in [0.15, 0.2) is 77.8 Å². The second-order valence-electron chi connectivity index (χ2n) is 11.4. The number of nitrogens with zero attached hydrogens (tertiary/aromatic N) is 1. The molecule has 10 heteroatoms. The molecular weight excluding hydrogens is 541 g/mol. The lowest BCUT2D eigenvalue weighted by Gasteiger charge is -2.21. The number of rotatable bonds is 6. The number of esters is 1. The normalized spacial score (nSPS) is 11.8. The Balaban J connectivity index is 1.66. The summed E-state index contributed by atoms with van der Waals surface area (Å²) in [5, 5.41) is 5.17. The monoisotopic (exact) mass is 577 g/mol. The number of carbonyl (C=O) groups excluding carboxylic acids is 3. The average Bonchev–Trinajstić information content (AvgIpc) is 2.87. The minimum Gasteiger partial charge on any atom is -0.444 e. The van der Waals surface area contributed by atoms with Crippen LogP contribution in [0.4, 0.5) is 19.7 Å². The maximum Gasteiger partial charge on any atom is 0.437 e. The summed E-state index contributed by atoms with van der Waals surface area (Å²) in [5.41, 5.74) is 0.871. The fraction of sp³-hybridized carbons (Fsp3) is 0.312. The van der Waals surface area contributed by atoms with Crippen molar-refractivity contribution in [3.63, 3.8) is 0 Å². The van der Waals surface area contributed by atoms with Crippen molar-refractivity contribution in [2.45, 2.75) is 65.6 Å². The first-order valence-electron chi connectivity index (χ1n) is 13.4. The van der Waals surface area contributed by atoms with Gasteiger partial charge < -0.3 is 19.5 Å². The number of anilines is 1. The second kappa shape index (κ2) is 13.8. The molecule has 0 atom stereocenters. The highest BCUT2D eigenvalue weighted by Crippen LogP contribution is 2.21. The van der Waals surface area contributed by atoms with E-state index in [9.17, 15) is 18.8 Å². The summed E-state index contributed by atoms with van der Waals surface area (Å²) in [5.74, 6) is -1.82. The molecule has 0 saturated carbocycles. The molecule has 0 spiro atoms. The Morgan fingerprint density at radius 1 is 0.786 bits per heavy atom. The Bertz CT molecular complexity index is 1430. The number of benzene rings is 3. The number of aryl methyl sites for hydroxylation is 2. The summed E-state index contributed by atoms with van der Waals surface area (Å²) >= 11 is 0. The van der Waals surface area contributed by atoms with Crippen molar-refractivity contribution < 1.29 is 33.0 Å². The lowest BCUT2D eigenvalue weighted by Crippen LogP contribution is -2.40. The summed E-state index contributed by atoms with van der Waals surface area (Å²) in [6, 6.07) is 20.3. The van der Waals surface area contributed by atoms with E-state index in [1.165, 1.54) is 36.4 Å². The molecule has 2 amide bonds. The van der Waals surface area contributed by atoms with Crippen LogP contribution in [0.3, 0.4) is 0 Å². The molecule has 42 heavy (non-hydrogen) atoms. The number of carbonyl (C=O) groups is 3. The highest BCUT2D eigenvalue weighted by atomic mass is 19.1. The van der Waals surface area contributed by atoms with E-state index in [2.05, 4.69) is 15.6 Å². The smallest absolute Gasteiger partial charge is 0.437 e. The van der Waals surface area contributed by atoms with Gasteiger partial charge in [0, 0.05) is 5.69 Å². The van der Waals surface area contributed by atoms with Gasteiger partial charge in [-0.05, 0) is 102 Å². The van der Waals surface area contributed by atoms with Crippen molar-refractivity contribution in [3.05, 3.63) is 95.3 Å². The van der Waals surface area contributed by atoms with E-state index >= 15 is 0 Å². The van der Waals surface area contributed by atoms with Gasteiger partial charge in [-0.3, -0.25) is 5.32 Å².